The van der Waals surface area contributed by atoms with Gasteiger partial charge in [-0.25, -0.2) is 5.48 Å². The zero-order valence-corrected chi connectivity index (χ0v) is 6.02. The Balaban J connectivity index is 2.12. The molecule has 1 atom stereocenters. The largest absolute Gasteiger partial charge is 0.352 e. The zero-order chi connectivity index (χ0) is 7.40. The first kappa shape index (κ1) is 7.50. The van der Waals surface area contributed by atoms with Gasteiger partial charge >= 0.3 is 0 Å². The molecule has 1 heterocycles. The van der Waals surface area contributed by atoms with E-state index in [-0.39, 0.29) is 11.9 Å². The third-order valence-electron chi connectivity index (χ3n) is 1.56. The minimum absolute atomic E-state index is 0.142. The lowest BCUT2D eigenvalue weighted by atomic mass is 10.2. The molecule has 4 heteroatoms. The Hall–Kier alpha value is -0.610. The summed E-state index contributed by atoms with van der Waals surface area (Å²) < 4.78 is 0. The van der Waals surface area contributed by atoms with Crippen molar-refractivity contribution in [2.45, 2.75) is 18.9 Å². The fraction of sp³-hybridized carbons (Fsp3) is 0.833. The van der Waals surface area contributed by atoms with Crippen molar-refractivity contribution in [1.29, 1.82) is 0 Å². The highest BCUT2D eigenvalue weighted by Gasteiger charge is 2.19. The second-order valence-electron chi connectivity index (χ2n) is 2.36. The van der Waals surface area contributed by atoms with Gasteiger partial charge in [0.25, 0.3) is 0 Å². The summed E-state index contributed by atoms with van der Waals surface area (Å²) in [6, 6.07) is 0.257. The second kappa shape index (κ2) is 3.53. The summed E-state index contributed by atoms with van der Waals surface area (Å²) in [5.74, 6) is 0.142. The Morgan fingerprint density at radius 2 is 2.70 bits per heavy atom. The van der Waals surface area contributed by atoms with Gasteiger partial charge in [-0.3, -0.25) is 4.79 Å². The van der Waals surface area contributed by atoms with Crippen LogP contribution in [-0.4, -0.2) is 25.6 Å². The summed E-state index contributed by atoms with van der Waals surface area (Å²) in [4.78, 5) is 15.3. The van der Waals surface area contributed by atoms with Crippen molar-refractivity contribution >= 4 is 5.91 Å². The quantitative estimate of drug-likeness (QED) is 0.521. The number of nitrogens with one attached hydrogen (secondary N) is 2. The van der Waals surface area contributed by atoms with Gasteiger partial charge in [-0.15, -0.1) is 0 Å². The molecule has 0 aromatic carbocycles. The SMILES string of the molecule is CONCC1CCC(=O)N1. The van der Waals surface area contributed by atoms with Gasteiger partial charge in [0.1, 0.15) is 0 Å². The van der Waals surface area contributed by atoms with E-state index in [0.29, 0.717) is 13.0 Å². The van der Waals surface area contributed by atoms with Gasteiger partial charge in [0.15, 0.2) is 0 Å². The van der Waals surface area contributed by atoms with Crippen LogP contribution in [0.1, 0.15) is 12.8 Å². The molecule has 1 rings (SSSR count). The van der Waals surface area contributed by atoms with Crippen molar-refractivity contribution in [3.63, 3.8) is 0 Å². The molecule has 0 aromatic rings. The topological polar surface area (TPSA) is 50.4 Å². The maximum Gasteiger partial charge on any atom is 0.220 e. The van der Waals surface area contributed by atoms with E-state index in [1.807, 2.05) is 0 Å². The molecule has 58 valence electrons. The van der Waals surface area contributed by atoms with Gasteiger partial charge in [0.05, 0.1) is 7.11 Å². The van der Waals surface area contributed by atoms with Crippen molar-refractivity contribution in [3.05, 3.63) is 0 Å². The van der Waals surface area contributed by atoms with E-state index >= 15 is 0 Å². The molecule has 0 aliphatic carbocycles. The van der Waals surface area contributed by atoms with Crippen LogP contribution in [0, 0.1) is 0 Å². The summed E-state index contributed by atoms with van der Waals surface area (Å²) in [7, 11) is 1.57. The van der Waals surface area contributed by atoms with E-state index in [9.17, 15) is 4.79 Å². The number of amides is 1. The Bertz CT molecular complexity index is 127. The highest BCUT2D eigenvalue weighted by Crippen LogP contribution is 2.04. The molecule has 1 amide bonds. The van der Waals surface area contributed by atoms with E-state index in [4.69, 9.17) is 0 Å². The van der Waals surface area contributed by atoms with Gasteiger partial charge in [0.2, 0.25) is 5.91 Å². The molecule has 0 aromatic heterocycles. The van der Waals surface area contributed by atoms with Crippen LogP contribution in [0.5, 0.6) is 0 Å². The molecule has 10 heavy (non-hydrogen) atoms. The minimum Gasteiger partial charge on any atom is -0.352 e. The van der Waals surface area contributed by atoms with Crippen LogP contribution in [0.15, 0.2) is 0 Å². The van der Waals surface area contributed by atoms with Gasteiger partial charge in [0, 0.05) is 19.0 Å². The van der Waals surface area contributed by atoms with Crippen molar-refractivity contribution in [1.82, 2.24) is 10.8 Å². The molecular weight excluding hydrogens is 132 g/mol. The third-order valence-corrected chi connectivity index (χ3v) is 1.56. The number of carbonyl (C=O) groups excluding carboxylic acids is 1. The number of hydrogen-bond donors (Lipinski definition) is 2. The van der Waals surface area contributed by atoms with Crippen molar-refractivity contribution in [2.24, 2.45) is 0 Å². The first-order valence-corrected chi connectivity index (χ1v) is 3.38. The van der Waals surface area contributed by atoms with Gasteiger partial charge in [-0.2, -0.15) is 0 Å². The first-order chi connectivity index (χ1) is 4.83. The maximum atomic E-state index is 10.6. The van der Waals surface area contributed by atoms with Crippen molar-refractivity contribution < 1.29 is 9.63 Å². The van der Waals surface area contributed by atoms with E-state index in [1.165, 1.54) is 0 Å². The molecule has 1 aliphatic rings. The molecule has 1 saturated heterocycles. The van der Waals surface area contributed by atoms with Crippen molar-refractivity contribution in [2.75, 3.05) is 13.7 Å². The fourth-order valence-corrected chi connectivity index (χ4v) is 1.01. The number of hydrogen-bond acceptors (Lipinski definition) is 3. The molecule has 1 unspecified atom stereocenters. The Morgan fingerprint density at radius 1 is 1.90 bits per heavy atom. The summed E-state index contributed by atoms with van der Waals surface area (Å²) in [6.45, 7) is 0.697. The smallest absolute Gasteiger partial charge is 0.220 e. The highest BCUT2D eigenvalue weighted by molar-refractivity contribution is 5.78. The van der Waals surface area contributed by atoms with E-state index in [2.05, 4.69) is 15.6 Å². The average molecular weight is 144 g/mol. The van der Waals surface area contributed by atoms with Gasteiger partial charge < -0.3 is 10.2 Å². The molecule has 1 fully saturated rings. The lowest BCUT2D eigenvalue weighted by Crippen LogP contribution is -2.35. The minimum atomic E-state index is 0.142. The van der Waals surface area contributed by atoms with Crippen LogP contribution in [0.2, 0.25) is 0 Å². The molecule has 0 saturated carbocycles. The van der Waals surface area contributed by atoms with E-state index in [0.717, 1.165) is 6.42 Å². The third kappa shape index (κ3) is 1.97. The molecule has 0 bridgehead atoms. The maximum absolute atomic E-state index is 10.6. The summed E-state index contributed by atoms with van der Waals surface area (Å²) in [6.07, 6.45) is 1.56. The predicted octanol–water partition coefficient (Wildman–Crippen LogP) is -0.584. The number of carbonyl (C=O) groups is 1. The lowest BCUT2D eigenvalue weighted by Gasteiger charge is -2.08. The van der Waals surface area contributed by atoms with E-state index < -0.39 is 0 Å². The molecular formula is C6H12N2O2. The van der Waals surface area contributed by atoms with Crippen LogP contribution >= 0.6 is 0 Å². The van der Waals surface area contributed by atoms with Crippen LogP contribution < -0.4 is 10.8 Å². The Labute approximate surface area is 59.9 Å². The highest BCUT2D eigenvalue weighted by atomic mass is 16.6. The first-order valence-electron chi connectivity index (χ1n) is 3.38. The van der Waals surface area contributed by atoms with E-state index in [1.54, 1.807) is 7.11 Å². The fourth-order valence-electron chi connectivity index (χ4n) is 1.01. The van der Waals surface area contributed by atoms with Crippen LogP contribution in [0.3, 0.4) is 0 Å². The predicted molar refractivity (Wildman–Crippen MR) is 36.2 cm³/mol. The summed E-state index contributed by atoms with van der Waals surface area (Å²) in [5, 5.41) is 2.81. The Kier molecular flexibility index (Phi) is 2.65. The van der Waals surface area contributed by atoms with Crippen molar-refractivity contribution in [3.8, 4) is 0 Å². The normalized spacial score (nSPS) is 24.9. The van der Waals surface area contributed by atoms with Gasteiger partial charge in [-0.05, 0) is 6.42 Å². The summed E-state index contributed by atoms with van der Waals surface area (Å²) >= 11 is 0. The number of hydroxylamine groups is 1. The van der Waals surface area contributed by atoms with Gasteiger partial charge in [-0.1, -0.05) is 0 Å². The standard InChI is InChI=1S/C6H12N2O2/c1-10-7-4-5-2-3-6(9)8-5/h5,7H,2-4H2,1H3,(H,8,9). The van der Waals surface area contributed by atoms with Crippen LogP contribution in [0.25, 0.3) is 0 Å². The lowest BCUT2D eigenvalue weighted by molar-refractivity contribution is -0.119. The molecule has 2 N–H and O–H groups in total. The molecule has 0 radical (unpaired) electrons. The van der Waals surface area contributed by atoms with Crippen LogP contribution in [0.4, 0.5) is 0 Å². The second-order valence-corrected chi connectivity index (χ2v) is 2.36. The molecule has 4 nitrogen and oxygen atoms in total. The monoisotopic (exact) mass is 144 g/mol. The Morgan fingerprint density at radius 3 is 3.20 bits per heavy atom. The zero-order valence-electron chi connectivity index (χ0n) is 6.02. The average Bonchev–Trinajstić information content (AvgIpc) is 2.31. The molecule has 1 aliphatic heterocycles. The summed E-state index contributed by atoms with van der Waals surface area (Å²) in [5.41, 5.74) is 2.70. The van der Waals surface area contributed by atoms with Crippen LogP contribution in [-0.2, 0) is 9.63 Å². The number of rotatable bonds is 3. The molecule has 0 spiro atoms.